The first-order chi connectivity index (χ1) is 11.0. The van der Waals surface area contributed by atoms with Crippen LogP contribution in [0.5, 0.6) is 0 Å². The molecule has 1 fully saturated rings. The molecule has 0 aromatic rings. The maximum atomic E-state index is 12.2. The first kappa shape index (κ1) is 24.3. The summed E-state index contributed by atoms with van der Waals surface area (Å²) >= 11 is 2.01. The van der Waals surface area contributed by atoms with Crippen LogP contribution in [-0.2, 0) is 10.0 Å². The van der Waals surface area contributed by atoms with Crippen molar-refractivity contribution < 1.29 is 8.42 Å². The number of hydrogen-bond acceptors (Lipinski definition) is 4. The monoisotopic (exact) mass is 492 g/mol. The Morgan fingerprint density at radius 2 is 1.96 bits per heavy atom. The van der Waals surface area contributed by atoms with Crippen LogP contribution < -0.4 is 5.32 Å². The van der Waals surface area contributed by atoms with Gasteiger partial charge in [-0.05, 0) is 13.3 Å². The van der Waals surface area contributed by atoms with E-state index in [1.165, 1.54) is 4.31 Å². The maximum absolute atomic E-state index is 12.2. The first-order valence-electron chi connectivity index (χ1n) is 8.61. The fourth-order valence-corrected chi connectivity index (χ4v) is 5.14. The predicted octanol–water partition coefficient (Wildman–Crippen LogP) is 2.07. The molecule has 0 amide bonds. The van der Waals surface area contributed by atoms with Gasteiger partial charge >= 0.3 is 0 Å². The van der Waals surface area contributed by atoms with E-state index in [0.717, 1.165) is 37.8 Å². The van der Waals surface area contributed by atoms with Crippen LogP contribution in [0.15, 0.2) is 4.99 Å². The summed E-state index contributed by atoms with van der Waals surface area (Å²) in [6.07, 6.45) is 1.15. The molecule has 1 N–H and O–H groups in total. The van der Waals surface area contributed by atoms with Crippen LogP contribution >= 0.6 is 35.7 Å². The van der Waals surface area contributed by atoms with Gasteiger partial charge in [-0.25, -0.2) is 12.7 Å². The van der Waals surface area contributed by atoms with Crippen molar-refractivity contribution in [1.82, 2.24) is 14.5 Å². The lowest BCUT2D eigenvalue weighted by molar-refractivity contribution is 0.408. The summed E-state index contributed by atoms with van der Waals surface area (Å²) in [5, 5.41) is 3.93. The number of aliphatic imine (C=N–C) groups is 1. The van der Waals surface area contributed by atoms with E-state index in [0.29, 0.717) is 24.9 Å². The molecule has 1 atom stereocenters. The van der Waals surface area contributed by atoms with Crippen molar-refractivity contribution in [3.63, 3.8) is 0 Å². The summed E-state index contributed by atoms with van der Waals surface area (Å²) in [6.45, 7) is 12.1. The smallest absolute Gasteiger partial charge is 0.215 e. The highest BCUT2D eigenvalue weighted by molar-refractivity contribution is 14.0. The molecule has 1 heterocycles. The van der Waals surface area contributed by atoms with Crippen LogP contribution in [0.3, 0.4) is 0 Å². The van der Waals surface area contributed by atoms with Gasteiger partial charge in [-0.1, -0.05) is 20.8 Å². The Morgan fingerprint density at radius 3 is 2.50 bits per heavy atom. The summed E-state index contributed by atoms with van der Waals surface area (Å²) < 4.78 is 26.0. The van der Waals surface area contributed by atoms with Gasteiger partial charge in [0.15, 0.2) is 5.96 Å². The van der Waals surface area contributed by atoms with Gasteiger partial charge in [0.05, 0.1) is 12.3 Å². The van der Waals surface area contributed by atoms with E-state index in [2.05, 4.69) is 22.1 Å². The fraction of sp³-hybridized carbons (Fsp3) is 0.933. The zero-order valence-corrected chi connectivity index (χ0v) is 19.3. The van der Waals surface area contributed by atoms with Crippen molar-refractivity contribution in [3.8, 4) is 0 Å². The summed E-state index contributed by atoms with van der Waals surface area (Å²) in [4.78, 5) is 6.82. The maximum Gasteiger partial charge on any atom is 0.215 e. The third-order valence-electron chi connectivity index (χ3n) is 3.94. The van der Waals surface area contributed by atoms with Crippen molar-refractivity contribution in [2.24, 2.45) is 4.99 Å². The van der Waals surface area contributed by atoms with E-state index < -0.39 is 10.0 Å². The number of nitrogens with zero attached hydrogens (tertiary/aromatic N) is 3. The van der Waals surface area contributed by atoms with Crippen molar-refractivity contribution in [3.05, 3.63) is 0 Å². The second-order valence-corrected chi connectivity index (χ2v) is 8.98. The number of guanidine groups is 1. The zero-order valence-electron chi connectivity index (χ0n) is 15.3. The van der Waals surface area contributed by atoms with Crippen LogP contribution in [0, 0.1) is 0 Å². The molecule has 144 valence electrons. The number of rotatable bonds is 8. The Hall–Kier alpha value is 0.260. The van der Waals surface area contributed by atoms with E-state index in [-0.39, 0.29) is 29.7 Å². The Bertz CT molecular complexity index is 470. The Labute approximate surface area is 169 Å². The molecule has 0 spiro atoms. The predicted molar refractivity (Wildman–Crippen MR) is 116 cm³/mol. The SMILES string of the molecule is CCNC(=NCCS(=O)(=O)N(CC)CC)N1CCSC(CC)C1.I. The van der Waals surface area contributed by atoms with Crippen LogP contribution in [0.1, 0.15) is 34.1 Å². The van der Waals surface area contributed by atoms with E-state index in [1.807, 2.05) is 32.5 Å². The number of thioether (sulfide) groups is 1. The Kier molecular flexibility index (Phi) is 12.7. The fourth-order valence-electron chi connectivity index (χ4n) is 2.60. The summed E-state index contributed by atoms with van der Waals surface area (Å²) in [5.74, 6) is 2.02. The highest BCUT2D eigenvalue weighted by Crippen LogP contribution is 2.21. The van der Waals surface area contributed by atoms with Gasteiger partial charge in [0, 0.05) is 43.7 Å². The van der Waals surface area contributed by atoms with Gasteiger partial charge < -0.3 is 10.2 Å². The highest BCUT2D eigenvalue weighted by atomic mass is 127. The first-order valence-corrected chi connectivity index (χ1v) is 11.3. The van der Waals surface area contributed by atoms with E-state index in [9.17, 15) is 8.42 Å². The standard InChI is InChI=1S/C15H32N4O2S2.HI/c1-5-14-13-18(10-11-22-14)15(16-6-2)17-9-12-23(20,21)19(7-3)8-4;/h14H,5-13H2,1-4H3,(H,16,17);1H. The van der Waals surface area contributed by atoms with Crippen molar-refractivity contribution in [1.29, 1.82) is 0 Å². The Morgan fingerprint density at radius 1 is 1.29 bits per heavy atom. The van der Waals surface area contributed by atoms with Crippen molar-refractivity contribution in [2.75, 3.05) is 50.8 Å². The molecule has 0 bridgehead atoms. The average Bonchev–Trinajstić information content (AvgIpc) is 2.55. The molecule has 1 unspecified atom stereocenters. The highest BCUT2D eigenvalue weighted by Gasteiger charge is 2.22. The summed E-state index contributed by atoms with van der Waals surface area (Å²) in [6, 6.07) is 0. The third-order valence-corrected chi connectivity index (χ3v) is 7.31. The third kappa shape index (κ3) is 7.65. The van der Waals surface area contributed by atoms with Gasteiger partial charge in [-0.3, -0.25) is 4.99 Å². The quantitative estimate of drug-likeness (QED) is 0.319. The minimum atomic E-state index is -3.20. The Balaban J connectivity index is 0.00000529. The van der Waals surface area contributed by atoms with Crippen LogP contribution in [0.4, 0.5) is 0 Å². The molecule has 0 aromatic heterocycles. The van der Waals surface area contributed by atoms with Crippen LogP contribution in [-0.4, -0.2) is 79.6 Å². The summed E-state index contributed by atoms with van der Waals surface area (Å²) in [7, 11) is -3.20. The van der Waals surface area contributed by atoms with E-state index in [1.54, 1.807) is 0 Å². The molecule has 1 aliphatic rings. The number of nitrogens with one attached hydrogen (secondary N) is 1. The van der Waals surface area contributed by atoms with Crippen LogP contribution in [0.2, 0.25) is 0 Å². The molecule has 6 nitrogen and oxygen atoms in total. The lowest BCUT2D eigenvalue weighted by Crippen LogP contribution is -2.48. The molecular weight excluding hydrogens is 459 g/mol. The van der Waals surface area contributed by atoms with E-state index in [4.69, 9.17) is 0 Å². The molecule has 1 aliphatic heterocycles. The average molecular weight is 492 g/mol. The molecule has 1 saturated heterocycles. The minimum Gasteiger partial charge on any atom is -0.357 e. The molecule has 0 radical (unpaired) electrons. The lowest BCUT2D eigenvalue weighted by Gasteiger charge is -2.34. The normalized spacial score (nSPS) is 19.3. The second-order valence-electron chi connectivity index (χ2n) is 5.48. The van der Waals surface area contributed by atoms with Crippen LogP contribution in [0.25, 0.3) is 0 Å². The molecule has 24 heavy (non-hydrogen) atoms. The van der Waals surface area contributed by atoms with Crippen molar-refractivity contribution >= 4 is 51.7 Å². The molecule has 0 aromatic carbocycles. The number of halogens is 1. The molecular formula is C15H33IN4O2S2. The van der Waals surface area contributed by atoms with Crippen molar-refractivity contribution in [2.45, 2.75) is 39.4 Å². The van der Waals surface area contributed by atoms with Gasteiger partial charge in [-0.2, -0.15) is 11.8 Å². The number of sulfonamides is 1. The van der Waals surface area contributed by atoms with Gasteiger partial charge in [-0.15, -0.1) is 24.0 Å². The summed E-state index contributed by atoms with van der Waals surface area (Å²) in [5.41, 5.74) is 0. The molecule has 9 heteroatoms. The lowest BCUT2D eigenvalue weighted by atomic mass is 10.3. The molecule has 0 saturated carbocycles. The number of hydrogen-bond donors (Lipinski definition) is 1. The van der Waals surface area contributed by atoms with Gasteiger partial charge in [0.2, 0.25) is 10.0 Å². The zero-order chi connectivity index (χ0) is 17.3. The topological polar surface area (TPSA) is 65.0 Å². The van der Waals surface area contributed by atoms with Gasteiger partial charge in [0.1, 0.15) is 0 Å². The molecule has 0 aliphatic carbocycles. The second kappa shape index (κ2) is 12.6. The van der Waals surface area contributed by atoms with Gasteiger partial charge in [0.25, 0.3) is 0 Å². The minimum absolute atomic E-state index is 0. The molecule has 1 rings (SSSR count). The van der Waals surface area contributed by atoms with E-state index >= 15 is 0 Å². The largest absolute Gasteiger partial charge is 0.357 e.